The maximum absolute atomic E-state index is 12.0. The van der Waals surface area contributed by atoms with E-state index in [9.17, 15) is 9.90 Å². The molecule has 9 nitrogen and oxygen atoms in total. The van der Waals surface area contributed by atoms with Gasteiger partial charge < -0.3 is 30.5 Å². The average Bonchev–Trinajstić information content (AvgIpc) is 3.45. The Balaban J connectivity index is 1.55. The molecule has 2 aliphatic rings. The van der Waals surface area contributed by atoms with Gasteiger partial charge in [0.05, 0.1) is 17.7 Å². The second kappa shape index (κ2) is 10.4. The first-order valence-electron chi connectivity index (χ1n) is 11.6. The fourth-order valence-corrected chi connectivity index (χ4v) is 4.76. The zero-order valence-corrected chi connectivity index (χ0v) is 19.2. The summed E-state index contributed by atoms with van der Waals surface area (Å²) in [6.45, 7) is 6.66. The number of hydrogen-bond acceptors (Lipinski definition) is 7. The van der Waals surface area contributed by atoms with E-state index >= 15 is 0 Å². The number of nitrogens with zero attached hydrogens (tertiary/aromatic N) is 5. The largest absolute Gasteiger partial charge is 0.404 e. The molecule has 1 amide bonds. The first-order chi connectivity index (χ1) is 16.5. The normalized spacial score (nSPS) is 21.2. The first-order valence-corrected chi connectivity index (χ1v) is 11.6. The molecule has 178 valence electrons. The quantitative estimate of drug-likeness (QED) is 0.446. The summed E-state index contributed by atoms with van der Waals surface area (Å²) in [5.41, 5.74) is 7.81. The summed E-state index contributed by atoms with van der Waals surface area (Å²) < 4.78 is 1.98. The van der Waals surface area contributed by atoms with E-state index in [0.29, 0.717) is 44.3 Å². The van der Waals surface area contributed by atoms with E-state index in [-0.39, 0.29) is 24.5 Å². The number of fused-ring (bicyclic) bond motifs is 1. The number of amides is 1. The number of rotatable bonds is 6. The number of allylic oxidation sites excluding steroid dienone is 1. The summed E-state index contributed by atoms with van der Waals surface area (Å²) in [5, 5.41) is 22.9. The molecule has 1 saturated heterocycles. The number of benzene rings is 1. The van der Waals surface area contributed by atoms with E-state index in [0.717, 1.165) is 29.4 Å². The van der Waals surface area contributed by atoms with Crippen LogP contribution in [0, 0.1) is 11.3 Å². The SMILES string of the molecule is C=C(N=C(/C=C\N)n1ccc2c(N3CCN(C(=O)CC#N)CC3)cccc21)N[C@@H]1CC[C@@H](O)C1. The Kier molecular flexibility index (Phi) is 7.18. The van der Waals surface area contributed by atoms with Gasteiger partial charge in [-0.3, -0.25) is 4.79 Å². The molecule has 0 spiro atoms. The molecule has 4 N–H and O–H groups in total. The van der Waals surface area contributed by atoms with Crippen molar-refractivity contribution in [2.45, 2.75) is 37.8 Å². The topological polar surface area (TPSA) is 123 Å². The van der Waals surface area contributed by atoms with Crippen LogP contribution in [0.5, 0.6) is 0 Å². The molecule has 1 aromatic carbocycles. The molecule has 9 heteroatoms. The van der Waals surface area contributed by atoms with Crippen LogP contribution in [0.25, 0.3) is 10.9 Å². The van der Waals surface area contributed by atoms with Crippen molar-refractivity contribution in [3.05, 3.63) is 55.1 Å². The number of aliphatic imine (C=N–C) groups is 1. The minimum Gasteiger partial charge on any atom is -0.404 e. The van der Waals surface area contributed by atoms with Crippen LogP contribution < -0.4 is 16.0 Å². The standard InChI is InChI=1S/C25H31N7O2/c1-18(28-19-5-6-20(33)17-19)29-24(7-10-26)32-12-9-21-22(3-2-4-23(21)32)30-13-15-31(16-14-30)25(34)8-11-27/h2-4,7,9-10,12,19-20,28,33H,1,5-6,8,13-17,26H2/b10-7-,29-24?/t19-,20-/m1/s1. The Morgan fingerprint density at radius 1 is 1.29 bits per heavy atom. The Hall–Kier alpha value is -3.77. The third-order valence-electron chi connectivity index (χ3n) is 6.43. The number of aliphatic hydroxyl groups excluding tert-OH is 1. The van der Waals surface area contributed by atoms with E-state index in [1.54, 1.807) is 11.0 Å². The van der Waals surface area contributed by atoms with E-state index in [2.05, 4.69) is 33.9 Å². The Bertz CT molecular complexity index is 1150. The number of nitriles is 1. The van der Waals surface area contributed by atoms with E-state index < -0.39 is 0 Å². The Morgan fingerprint density at radius 3 is 2.76 bits per heavy atom. The summed E-state index contributed by atoms with van der Waals surface area (Å²) in [7, 11) is 0. The number of aliphatic hydroxyl groups is 1. The molecule has 1 aliphatic carbocycles. The molecule has 2 heterocycles. The van der Waals surface area contributed by atoms with Crippen molar-refractivity contribution >= 4 is 28.3 Å². The number of hydrogen-bond donors (Lipinski definition) is 3. The minimum atomic E-state index is -0.268. The van der Waals surface area contributed by atoms with Crippen molar-refractivity contribution in [3.63, 3.8) is 0 Å². The molecule has 1 aliphatic heterocycles. The van der Waals surface area contributed by atoms with Crippen LogP contribution in [0.1, 0.15) is 25.7 Å². The second-order valence-corrected chi connectivity index (χ2v) is 8.68. The Morgan fingerprint density at radius 2 is 2.09 bits per heavy atom. The lowest BCUT2D eigenvalue weighted by molar-refractivity contribution is -0.130. The highest BCUT2D eigenvalue weighted by Crippen LogP contribution is 2.29. The minimum absolute atomic E-state index is 0.0727. The predicted octanol–water partition coefficient (Wildman–Crippen LogP) is 1.90. The molecule has 1 aromatic heterocycles. The maximum atomic E-state index is 12.0. The lowest BCUT2D eigenvalue weighted by atomic mass is 10.1. The number of nitrogens with one attached hydrogen (secondary N) is 1. The number of carbonyl (C=O) groups is 1. The van der Waals surface area contributed by atoms with E-state index in [1.807, 2.05) is 29.0 Å². The van der Waals surface area contributed by atoms with Gasteiger partial charge in [-0.05, 0) is 49.7 Å². The van der Waals surface area contributed by atoms with E-state index in [4.69, 9.17) is 11.0 Å². The summed E-state index contributed by atoms with van der Waals surface area (Å²) >= 11 is 0. The lowest BCUT2D eigenvalue weighted by Crippen LogP contribution is -2.48. The van der Waals surface area contributed by atoms with Crippen molar-refractivity contribution < 1.29 is 9.90 Å². The number of nitrogens with two attached hydrogens (primary N) is 1. The van der Waals surface area contributed by atoms with Crippen LogP contribution in [0.15, 0.2) is 60.1 Å². The van der Waals surface area contributed by atoms with Crippen LogP contribution in [0.2, 0.25) is 0 Å². The summed E-state index contributed by atoms with van der Waals surface area (Å²) in [4.78, 5) is 20.7. The van der Waals surface area contributed by atoms with E-state index in [1.165, 1.54) is 6.20 Å². The fraction of sp³-hybridized carbons (Fsp3) is 0.400. The fourth-order valence-electron chi connectivity index (χ4n) is 4.76. The molecule has 2 aromatic rings. The van der Waals surface area contributed by atoms with Crippen molar-refractivity contribution in [3.8, 4) is 6.07 Å². The maximum Gasteiger partial charge on any atom is 0.236 e. The Labute approximate surface area is 199 Å². The molecule has 1 saturated carbocycles. The predicted molar refractivity (Wildman–Crippen MR) is 133 cm³/mol. The van der Waals surface area contributed by atoms with Gasteiger partial charge in [0.1, 0.15) is 18.1 Å². The molecule has 34 heavy (non-hydrogen) atoms. The van der Waals surface area contributed by atoms with Crippen LogP contribution in [0.3, 0.4) is 0 Å². The van der Waals surface area contributed by atoms with Crippen molar-refractivity contribution in [1.29, 1.82) is 5.26 Å². The van der Waals surface area contributed by atoms with Gasteiger partial charge in [-0.1, -0.05) is 12.6 Å². The van der Waals surface area contributed by atoms with Gasteiger partial charge in [0.15, 0.2) is 0 Å². The first kappa shape index (κ1) is 23.4. The zero-order chi connectivity index (χ0) is 24.1. The molecule has 2 atom stereocenters. The molecular weight excluding hydrogens is 430 g/mol. The summed E-state index contributed by atoms with van der Waals surface area (Å²) in [6, 6.07) is 10.3. The van der Waals surface area contributed by atoms with Gasteiger partial charge in [-0.15, -0.1) is 0 Å². The second-order valence-electron chi connectivity index (χ2n) is 8.68. The molecule has 0 radical (unpaired) electrons. The molecule has 0 bridgehead atoms. The van der Waals surface area contributed by atoms with Gasteiger partial charge in [-0.2, -0.15) is 5.26 Å². The van der Waals surface area contributed by atoms with Crippen LogP contribution >= 0.6 is 0 Å². The number of anilines is 1. The van der Waals surface area contributed by atoms with Gasteiger partial charge in [0.2, 0.25) is 5.91 Å². The van der Waals surface area contributed by atoms with Gasteiger partial charge in [0.25, 0.3) is 0 Å². The van der Waals surface area contributed by atoms with Crippen LogP contribution in [-0.4, -0.2) is 64.6 Å². The highest BCUT2D eigenvalue weighted by molar-refractivity contribution is 6.04. The monoisotopic (exact) mass is 461 g/mol. The summed E-state index contributed by atoms with van der Waals surface area (Å²) in [6.07, 6.45) is 7.19. The van der Waals surface area contributed by atoms with Crippen molar-refractivity contribution in [2.75, 3.05) is 31.1 Å². The molecular formula is C25H31N7O2. The summed E-state index contributed by atoms with van der Waals surface area (Å²) in [5.74, 6) is 1.06. The zero-order valence-electron chi connectivity index (χ0n) is 19.2. The number of carbonyl (C=O) groups excluding carboxylic acids is 1. The lowest BCUT2D eigenvalue weighted by Gasteiger charge is -2.36. The highest BCUT2D eigenvalue weighted by atomic mass is 16.3. The molecule has 4 rings (SSSR count). The third-order valence-corrected chi connectivity index (χ3v) is 6.43. The third kappa shape index (κ3) is 5.07. The molecule has 0 unspecified atom stereocenters. The number of aromatic nitrogens is 1. The van der Waals surface area contributed by atoms with Gasteiger partial charge in [0, 0.05) is 49.5 Å². The smallest absolute Gasteiger partial charge is 0.236 e. The van der Waals surface area contributed by atoms with Gasteiger partial charge >= 0.3 is 0 Å². The van der Waals surface area contributed by atoms with Crippen LogP contribution in [0.4, 0.5) is 5.69 Å². The van der Waals surface area contributed by atoms with Gasteiger partial charge in [-0.25, -0.2) is 4.99 Å². The van der Waals surface area contributed by atoms with Crippen molar-refractivity contribution in [2.24, 2.45) is 10.7 Å². The molecule has 2 fully saturated rings. The highest BCUT2D eigenvalue weighted by Gasteiger charge is 2.24. The van der Waals surface area contributed by atoms with Crippen molar-refractivity contribution in [1.82, 2.24) is 14.8 Å². The average molecular weight is 462 g/mol. The number of piperazine rings is 1. The van der Waals surface area contributed by atoms with Crippen LogP contribution in [-0.2, 0) is 4.79 Å².